The highest BCUT2D eigenvalue weighted by Crippen LogP contribution is 2.46. The fourth-order valence-corrected chi connectivity index (χ4v) is 8.32. The molecule has 2 aliphatic rings. The van der Waals surface area contributed by atoms with Crippen LogP contribution in [0.5, 0.6) is 0 Å². The second-order valence-corrected chi connectivity index (χ2v) is 15.3. The maximum absolute atomic E-state index is 13.9. The molecule has 0 unspecified atom stereocenters. The number of carbonyl (C=O) groups excluding carboxylic acids is 4. The predicted molar refractivity (Wildman–Crippen MR) is 183 cm³/mol. The molecule has 0 saturated carbocycles. The van der Waals surface area contributed by atoms with Crippen molar-refractivity contribution in [2.45, 2.75) is 27.7 Å². The molecular weight excluding hydrogens is 576 g/mol. The van der Waals surface area contributed by atoms with E-state index >= 15 is 0 Å². The van der Waals surface area contributed by atoms with Gasteiger partial charge in [-0.05, 0) is 95.6 Å². The summed E-state index contributed by atoms with van der Waals surface area (Å²) in [5.74, 6) is -1.12. The summed E-state index contributed by atoms with van der Waals surface area (Å²) in [6, 6.07) is 15.1. The third kappa shape index (κ3) is 4.42. The van der Waals surface area contributed by atoms with Crippen molar-refractivity contribution in [1.29, 1.82) is 0 Å². The van der Waals surface area contributed by atoms with Crippen LogP contribution in [-0.2, 0) is 0 Å². The van der Waals surface area contributed by atoms with Crippen LogP contribution < -0.4 is 0 Å². The molecule has 0 aromatic heterocycles. The molecule has 0 bridgehead atoms. The zero-order valence-electron chi connectivity index (χ0n) is 27.9. The van der Waals surface area contributed by atoms with Crippen molar-refractivity contribution in [1.82, 2.24) is 19.6 Å². The first-order valence-electron chi connectivity index (χ1n) is 15.8. The first kappa shape index (κ1) is 30.3. The number of nitrogens with zero attached hydrogens (tertiary/aromatic N) is 4. The molecule has 0 atom stereocenters. The molecule has 0 saturated heterocycles. The van der Waals surface area contributed by atoms with Gasteiger partial charge in [-0.15, -0.1) is 0 Å². The average molecular weight is 617 g/mol. The van der Waals surface area contributed by atoms with Gasteiger partial charge in [0.25, 0.3) is 23.6 Å². The molecule has 5 aromatic rings. The number of benzene rings is 5. The van der Waals surface area contributed by atoms with E-state index in [1.54, 1.807) is 0 Å². The summed E-state index contributed by atoms with van der Waals surface area (Å²) >= 11 is 0. The molecule has 8 heteroatoms. The molecule has 0 aliphatic carbocycles. The third-order valence-electron chi connectivity index (χ3n) is 9.46. The summed E-state index contributed by atoms with van der Waals surface area (Å²) in [7, 11) is 7.95. The quantitative estimate of drug-likeness (QED) is 0.119. The van der Waals surface area contributed by atoms with Crippen molar-refractivity contribution >= 4 is 66.7 Å². The molecule has 0 spiro atoms. The standard InChI is InChI=1S/C38H40N4O4/c1-37(2,17-39(5)6)19-41-33(43)25-13-9-21-23-11-15-27-32-28(36(46)42(35(27)45)20-38(3,4)18-40(7)8)16-12-24(30(23)32)22-10-14-26(34(41)44)31(25)29(21)22/h9-16H,17-20H2,1-8H3. The van der Waals surface area contributed by atoms with E-state index in [-0.39, 0.29) is 34.5 Å². The largest absolute Gasteiger partial charge is 0.309 e. The maximum atomic E-state index is 13.9. The first-order chi connectivity index (χ1) is 21.6. The molecule has 8 nitrogen and oxygen atoms in total. The molecule has 0 N–H and O–H groups in total. The highest BCUT2D eigenvalue weighted by Gasteiger charge is 2.40. The topological polar surface area (TPSA) is 81.2 Å². The molecule has 2 heterocycles. The Bertz CT molecular complexity index is 1890. The number of carbonyl (C=O) groups is 4. The highest BCUT2D eigenvalue weighted by molar-refractivity contribution is 6.41. The Morgan fingerprint density at radius 1 is 0.457 bits per heavy atom. The van der Waals surface area contributed by atoms with Gasteiger partial charge in [0.05, 0.1) is 0 Å². The molecule has 236 valence electrons. The minimum absolute atomic E-state index is 0.280. The van der Waals surface area contributed by atoms with Gasteiger partial charge >= 0.3 is 0 Å². The lowest BCUT2D eigenvalue weighted by Gasteiger charge is -2.36. The van der Waals surface area contributed by atoms with Crippen LogP contribution in [0.25, 0.3) is 43.1 Å². The normalized spacial score (nSPS) is 15.8. The molecule has 46 heavy (non-hydrogen) atoms. The number of hydrogen-bond donors (Lipinski definition) is 0. The van der Waals surface area contributed by atoms with Gasteiger partial charge in [-0.1, -0.05) is 52.0 Å². The average Bonchev–Trinajstić information content (AvgIpc) is 2.96. The molecule has 4 amide bonds. The molecule has 7 rings (SSSR count). The number of amides is 4. The second kappa shape index (κ2) is 10.0. The van der Waals surface area contributed by atoms with Gasteiger partial charge in [0.15, 0.2) is 0 Å². The van der Waals surface area contributed by atoms with E-state index in [0.29, 0.717) is 46.1 Å². The van der Waals surface area contributed by atoms with E-state index < -0.39 is 0 Å². The third-order valence-corrected chi connectivity index (χ3v) is 9.46. The Morgan fingerprint density at radius 3 is 0.957 bits per heavy atom. The van der Waals surface area contributed by atoms with Crippen molar-refractivity contribution in [2.75, 3.05) is 54.4 Å². The van der Waals surface area contributed by atoms with E-state index in [0.717, 1.165) is 45.4 Å². The zero-order chi connectivity index (χ0) is 33.0. The van der Waals surface area contributed by atoms with Gasteiger partial charge in [0.2, 0.25) is 0 Å². The van der Waals surface area contributed by atoms with Crippen LogP contribution in [0, 0.1) is 10.8 Å². The van der Waals surface area contributed by atoms with E-state index in [4.69, 9.17) is 0 Å². The zero-order valence-corrected chi connectivity index (χ0v) is 27.9. The van der Waals surface area contributed by atoms with Crippen LogP contribution in [0.1, 0.15) is 69.1 Å². The van der Waals surface area contributed by atoms with Crippen LogP contribution >= 0.6 is 0 Å². The predicted octanol–water partition coefficient (Wildman–Crippen LogP) is 6.10. The summed E-state index contributed by atoms with van der Waals surface area (Å²) in [6.45, 7) is 10.3. The Labute approximate surface area is 268 Å². The lowest BCUT2D eigenvalue weighted by Crippen LogP contribution is -2.47. The van der Waals surface area contributed by atoms with Crippen molar-refractivity contribution in [3.8, 4) is 0 Å². The summed E-state index contributed by atoms with van der Waals surface area (Å²) in [4.78, 5) is 62.7. The maximum Gasteiger partial charge on any atom is 0.261 e. The monoisotopic (exact) mass is 616 g/mol. The first-order valence-corrected chi connectivity index (χ1v) is 15.8. The van der Waals surface area contributed by atoms with Crippen molar-refractivity contribution in [3.05, 3.63) is 70.8 Å². The minimum Gasteiger partial charge on any atom is -0.309 e. The number of hydrogen-bond acceptors (Lipinski definition) is 6. The minimum atomic E-state index is -0.293. The summed E-state index contributed by atoms with van der Waals surface area (Å²) in [5, 5.41) is 6.64. The molecule has 5 aromatic carbocycles. The van der Waals surface area contributed by atoms with Gasteiger partial charge in [-0.25, -0.2) is 0 Å². The lowest BCUT2D eigenvalue weighted by atomic mass is 9.81. The van der Waals surface area contributed by atoms with Crippen LogP contribution in [0.3, 0.4) is 0 Å². The van der Waals surface area contributed by atoms with E-state index in [2.05, 4.69) is 37.5 Å². The van der Waals surface area contributed by atoms with E-state index in [1.807, 2.05) is 76.7 Å². The fraction of sp³-hybridized carbons (Fsp3) is 0.368. The van der Waals surface area contributed by atoms with Crippen LogP contribution in [0.2, 0.25) is 0 Å². The second-order valence-electron chi connectivity index (χ2n) is 15.3. The molecular formula is C38H40N4O4. The van der Waals surface area contributed by atoms with E-state index in [9.17, 15) is 19.2 Å². The number of imide groups is 2. The summed E-state index contributed by atoms with van der Waals surface area (Å²) in [5.41, 5.74) is 1.49. The Balaban J connectivity index is 1.41. The molecule has 0 fully saturated rings. The summed E-state index contributed by atoms with van der Waals surface area (Å²) < 4.78 is 0. The van der Waals surface area contributed by atoms with Gasteiger partial charge in [0.1, 0.15) is 0 Å². The molecule has 0 radical (unpaired) electrons. The van der Waals surface area contributed by atoms with Crippen molar-refractivity contribution in [3.63, 3.8) is 0 Å². The van der Waals surface area contributed by atoms with Crippen LogP contribution in [-0.4, -0.2) is 97.6 Å². The van der Waals surface area contributed by atoms with Crippen molar-refractivity contribution in [2.24, 2.45) is 10.8 Å². The van der Waals surface area contributed by atoms with Gasteiger partial charge < -0.3 is 9.80 Å². The summed E-state index contributed by atoms with van der Waals surface area (Å²) in [6.07, 6.45) is 0. The van der Waals surface area contributed by atoms with Crippen LogP contribution in [0.4, 0.5) is 0 Å². The Morgan fingerprint density at radius 2 is 0.717 bits per heavy atom. The number of fused-ring (bicyclic) bond motifs is 2. The Hall–Kier alpha value is -4.40. The van der Waals surface area contributed by atoms with E-state index in [1.165, 1.54) is 9.80 Å². The van der Waals surface area contributed by atoms with Crippen molar-refractivity contribution < 1.29 is 19.2 Å². The van der Waals surface area contributed by atoms with Crippen LogP contribution in [0.15, 0.2) is 48.5 Å². The smallest absolute Gasteiger partial charge is 0.261 e. The fourth-order valence-electron chi connectivity index (χ4n) is 8.32. The lowest BCUT2D eigenvalue weighted by molar-refractivity contribution is 0.0513. The number of rotatable bonds is 8. The van der Waals surface area contributed by atoms with Gasteiger partial charge in [0, 0.05) is 59.2 Å². The van der Waals surface area contributed by atoms with Gasteiger partial charge in [-0.3, -0.25) is 29.0 Å². The Kier molecular flexibility index (Phi) is 6.61. The van der Waals surface area contributed by atoms with Gasteiger partial charge in [-0.2, -0.15) is 0 Å². The molecule has 2 aliphatic heterocycles. The SMILES string of the molecule is CN(C)CC(C)(C)CN1C(=O)c2ccc3c4ccc5c6c(ccc(c7ccc(c2c37)C1=O)c64)C(=O)N(CC(C)(C)CN(C)C)C5=O. The highest BCUT2D eigenvalue weighted by atomic mass is 16.2.